The number of methoxy groups -OCH3 is 1. The SMILES string of the molecule is COCCN(C(=O)CC1CCCCC1)c1nnc(-c2ccncc2)s1. The second-order valence-corrected chi connectivity index (χ2v) is 7.33. The van der Waals surface area contributed by atoms with Gasteiger partial charge in [0, 0.05) is 31.5 Å². The number of ether oxygens (including phenoxy) is 1. The third kappa shape index (κ3) is 4.83. The maximum Gasteiger partial charge on any atom is 0.229 e. The highest BCUT2D eigenvalue weighted by Crippen LogP contribution is 2.31. The summed E-state index contributed by atoms with van der Waals surface area (Å²) in [5, 5.41) is 9.95. The van der Waals surface area contributed by atoms with Gasteiger partial charge in [0.1, 0.15) is 5.01 Å². The number of carbonyl (C=O) groups excluding carboxylic acids is 1. The molecule has 1 aliphatic carbocycles. The first-order chi connectivity index (χ1) is 12.3. The van der Waals surface area contributed by atoms with Crippen molar-refractivity contribution in [1.82, 2.24) is 15.2 Å². The van der Waals surface area contributed by atoms with Crippen molar-refractivity contribution in [2.24, 2.45) is 5.92 Å². The van der Waals surface area contributed by atoms with E-state index in [-0.39, 0.29) is 5.91 Å². The standard InChI is InChI=1S/C18H24N4O2S/c1-24-12-11-22(16(23)13-14-5-3-2-4-6-14)18-21-20-17(25-18)15-7-9-19-10-8-15/h7-10,14H,2-6,11-13H2,1H3. The molecule has 1 saturated carbocycles. The lowest BCUT2D eigenvalue weighted by atomic mass is 9.87. The molecule has 1 amide bonds. The van der Waals surface area contributed by atoms with Crippen LogP contribution in [0.4, 0.5) is 5.13 Å². The predicted molar refractivity (Wildman–Crippen MR) is 98.6 cm³/mol. The van der Waals surface area contributed by atoms with Gasteiger partial charge in [-0.15, -0.1) is 10.2 Å². The number of aromatic nitrogens is 3. The average Bonchev–Trinajstić information content (AvgIpc) is 3.13. The minimum absolute atomic E-state index is 0.126. The maximum absolute atomic E-state index is 12.9. The van der Waals surface area contributed by atoms with Crippen molar-refractivity contribution in [1.29, 1.82) is 0 Å². The molecule has 0 atom stereocenters. The van der Waals surface area contributed by atoms with Gasteiger partial charge in [-0.25, -0.2) is 0 Å². The normalized spacial score (nSPS) is 15.2. The van der Waals surface area contributed by atoms with E-state index >= 15 is 0 Å². The van der Waals surface area contributed by atoms with Gasteiger partial charge in [-0.1, -0.05) is 30.6 Å². The van der Waals surface area contributed by atoms with Gasteiger partial charge in [0.25, 0.3) is 0 Å². The fraction of sp³-hybridized carbons (Fsp3) is 0.556. The topological polar surface area (TPSA) is 68.2 Å². The van der Waals surface area contributed by atoms with Gasteiger partial charge < -0.3 is 4.74 Å². The number of pyridine rings is 1. The van der Waals surface area contributed by atoms with Crippen LogP contribution in [0, 0.1) is 5.92 Å². The molecule has 0 N–H and O–H groups in total. The Morgan fingerprint density at radius 1 is 1.24 bits per heavy atom. The number of nitrogens with zero attached hydrogens (tertiary/aromatic N) is 4. The zero-order valence-corrected chi connectivity index (χ0v) is 15.4. The average molecular weight is 360 g/mol. The van der Waals surface area contributed by atoms with Crippen molar-refractivity contribution >= 4 is 22.4 Å². The lowest BCUT2D eigenvalue weighted by Gasteiger charge is -2.25. The molecule has 2 aromatic rings. The molecule has 3 rings (SSSR count). The van der Waals surface area contributed by atoms with E-state index < -0.39 is 0 Å². The Labute approximate surface area is 152 Å². The summed E-state index contributed by atoms with van der Waals surface area (Å²) in [6.07, 6.45) is 10.1. The van der Waals surface area contributed by atoms with Crippen LogP contribution < -0.4 is 4.90 Å². The summed E-state index contributed by atoms with van der Waals surface area (Å²) < 4.78 is 5.18. The van der Waals surface area contributed by atoms with E-state index in [1.54, 1.807) is 24.4 Å². The zero-order chi connectivity index (χ0) is 17.5. The minimum atomic E-state index is 0.126. The molecular formula is C18H24N4O2S. The quantitative estimate of drug-likeness (QED) is 0.755. The van der Waals surface area contributed by atoms with Crippen molar-refractivity contribution in [3.63, 3.8) is 0 Å². The van der Waals surface area contributed by atoms with Crippen molar-refractivity contribution < 1.29 is 9.53 Å². The summed E-state index contributed by atoms with van der Waals surface area (Å²) in [7, 11) is 1.65. The maximum atomic E-state index is 12.9. The smallest absolute Gasteiger partial charge is 0.229 e. The summed E-state index contributed by atoms with van der Waals surface area (Å²) in [5.41, 5.74) is 0.963. The summed E-state index contributed by atoms with van der Waals surface area (Å²) in [6.45, 7) is 0.994. The van der Waals surface area contributed by atoms with E-state index in [2.05, 4.69) is 15.2 Å². The monoisotopic (exact) mass is 360 g/mol. The molecule has 0 bridgehead atoms. The Bertz CT molecular complexity index is 671. The second kappa shape index (κ2) is 9.01. The Kier molecular flexibility index (Phi) is 6.47. The fourth-order valence-electron chi connectivity index (χ4n) is 3.19. The van der Waals surface area contributed by atoms with Gasteiger partial charge in [-0.2, -0.15) is 0 Å². The second-order valence-electron chi connectivity index (χ2n) is 6.37. The first-order valence-corrected chi connectivity index (χ1v) is 9.63. The van der Waals surface area contributed by atoms with Gasteiger partial charge in [-0.3, -0.25) is 14.7 Å². The third-order valence-electron chi connectivity index (χ3n) is 4.58. The van der Waals surface area contributed by atoms with Crippen LogP contribution in [-0.4, -0.2) is 41.3 Å². The lowest BCUT2D eigenvalue weighted by Crippen LogP contribution is -2.35. The molecule has 0 saturated heterocycles. The first-order valence-electron chi connectivity index (χ1n) is 8.81. The largest absolute Gasteiger partial charge is 0.383 e. The Hall–Kier alpha value is -1.86. The molecule has 0 aliphatic heterocycles. The minimum Gasteiger partial charge on any atom is -0.383 e. The molecule has 0 radical (unpaired) electrons. The summed E-state index contributed by atoms with van der Waals surface area (Å²) in [4.78, 5) is 18.6. The number of hydrogen-bond donors (Lipinski definition) is 0. The van der Waals surface area contributed by atoms with Crippen LogP contribution in [0.5, 0.6) is 0 Å². The molecule has 2 aromatic heterocycles. The van der Waals surface area contributed by atoms with Crippen molar-refractivity contribution in [3.8, 4) is 10.6 Å². The van der Waals surface area contributed by atoms with Crippen molar-refractivity contribution in [2.45, 2.75) is 38.5 Å². The molecule has 2 heterocycles. The van der Waals surface area contributed by atoms with Crippen LogP contribution in [0.2, 0.25) is 0 Å². The highest BCUT2D eigenvalue weighted by molar-refractivity contribution is 7.18. The van der Waals surface area contributed by atoms with E-state index in [0.717, 1.165) is 23.4 Å². The first kappa shape index (κ1) is 17.9. The number of carbonyl (C=O) groups is 1. The van der Waals surface area contributed by atoms with Crippen LogP contribution in [0.15, 0.2) is 24.5 Å². The fourth-order valence-corrected chi connectivity index (χ4v) is 4.09. The zero-order valence-electron chi connectivity index (χ0n) is 14.6. The van der Waals surface area contributed by atoms with Crippen LogP contribution in [-0.2, 0) is 9.53 Å². The van der Waals surface area contributed by atoms with Gasteiger partial charge in [0.2, 0.25) is 11.0 Å². The third-order valence-corrected chi connectivity index (χ3v) is 5.58. The Morgan fingerprint density at radius 3 is 2.72 bits per heavy atom. The number of anilines is 1. The van der Waals surface area contributed by atoms with E-state index in [0.29, 0.717) is 30.6 Å². The number of amides is 1. The highest BCUT2D eigenvalue weighted by atomic mass is 32.1. The molecule has 0 aromatic carbocycles. The van der Waals surface area contributed by atoms with Crippen molar-refractivity contribution in [3.05, 3.63) is 24.5 Å². The predicted octanol–water partition coefficient (Wildman–Crippen LogP) is 3.55. The Balaban J connectivity index is 1.73. The summed E-state index contributed by atoms with van der Waals surface area (Å²) in [5.74, 6) is 0.625. The molecule has 0 spiro atoms. The molecule has 25 heavy (non-hydrogen) atoms. The van der Waals surface area contributed by atoms with Crippen LogP contribution in [0.25, 0.3) is 10.6 Å². The van der Waals surface area contributed by atoms with Crippen molar-refractivity contribution in [2.75, 3.05) is 25.2 Å². The van der Waals surface area contributed by atoms with Gasteiger partial charge in [0.05, 0.1) is 13.2 Å². The van der Waals surface area contributed by atoms with E-state index in [1.165, 1.54) is 30.6 Å². The molecule has 7 heteroatoms. The highest BCUT2D eigenvalue weighted by Gasteiger charge is 2.24. The summed E-state index contributed by atoms with van der Waals surface area (Å²) in [6, 6.07) is 3.79. The Morgan fingerprint density at radius 2 is 2.00 bits per heavy atom. The number of rotatable bonds is 7. The molecule has 134 valence electrons. The van der Waals surface area contributed by atoms with E-state index in [9.17, 15) is 4.79 Å². The van der Waals surface area contributed by atoms with Gasteiger partial charge in [0.15, 0.2) is 0 Å². The lowest BCUT2D eigenvalue weighted by molar-refractivity contribution is -0.119. The van der Waals surface area contributed by atoms with E-state index in [4.69, 9.17) is 4.74 Å². The van der Waals surface area contributed by atoms with Gasteiger partial charge in [-0.05, 0) is 30.9 Å². The van der Waals surface area contributed by atoms with Crippen LogP contribution >= 0.6 is 11.3 Å². The molecule has 6 nitrogen and oxygen atoms in total. The van der Waals surface area contributed by atoms with Crippen LogP contribution in [0.3, 0.4) is 0 Å². The van der Waals surface area contributed by atoms with Gasteiger partial charge >= 0.3 is 0 Å². The molecule has 1 fully saturated rings. The number of hydrogen-bond acceptors (Lipinski definition) is 6. The summed E-state index contributed by atoms with van der Waals surface area (Å²) >= 11 is 1.43. The molecule has 0 unspecified atom stereocenters. The molecular weight excluding hydrogens is 336 g/mol. The van der Waals surface area contributed by atoms with E-state index in [1.807, 2.05) is 12.1 Å². The molecule has 1 aliphatic rings. The van der Waals surface area contributed by atoms with Crippen LogP contribution in [0.1, 0.15) is 38.5 Å².